The summed E-state index contributed by atoms with van der Waals surface area (Å²) >= 11 is 5.88. The third-order valence-electron chi connectivity index (χ3n) is 2.94. The van der Waals surface area contributed by atoms with Gasteiger partial charge in [0.2, 0.25) is 15.9 Å². The lowest BCUT2D eigenvalue weighted by Crippen LogP contribution is -2.44. The maximum atomic E-state index is 12.0. The highest BCUT2D eigenvalue weighted by molar-refractivity contribution is 7.92. The largest absolute Gasteiger partial charge is 0.383 e. The number of carbonyl (C=O) groups excluding carboxylic acids is 1. The number of anilines is 1. The smallest absolute Gasteiger partial charge is 0.241 e. The predicted molar refractivity (Wildman–Crippen MR) is 87.9 cm³/mol. The number of rotatable bonds is 7. The fraction of sp³-hybridized carbons (Fsp3) is 0.500. The van der Waals surface area contributed by atoms with Crippen molar-refractivity contribution in [3.63, 3.8) is 0 Å². The van der Waals surface area contributed by atoms with Crippen LogP contribution >= 0.6 is 11.6 Å². The highest BCUT2D eigenvalue weighted by Gasteiger charge is 2.23. The summed E-state index contributed by atoms with van der Waals surface area (Å²) in [7, 11) is -2.07. The van der Waals surface area contributed by atoms with E-state index >= 15 is 0 Å². The van der Waals surface area contributed by atoms with E-state index in [-0.39, 0.29) is 12.6 Å². The minimum atomic E-state index is -3.60. The summed E-state index contributed by atoms with van der Waals surface area (Å²) in [5.41, 5.74) is 1.11. The van der Waals surface area contributed by atoms with E-state index in [9.17, 15) is 13.2 Å². The number of ether oxygens (including phenoxy) is 1. The Hall–Kier alpha value is -1.31. The molecule has 1 aromatic rings. The van der Waals surface area contributed by atoms with Crippen LogP contribution in [0.4, 0.5) is 5.69 Å². The molecule has 0 aliphatic carbocycles. The maximum absolute atomic E-state index is 12.0. The highest BCUT2D eigenvalue weighted by atomic mass is 35.5. The number of hydrogen-bond acceptors (Lipinski definition) is 4. The van der Waals surface area contributed by atoms with E-state index in [1.54, 1.807) is 32.0 Å². The van der Waals surface area contributed by atoms with Crippen LogP contribution < -0.4 is 9.62 Å². The van der Waals surface area contributed by atoms with E-state index in [0.29, 0.717) is 22.9 Å². The van der Waals surface area contributed by atoms with E-state index in [1.165, 1.54) is 7.11 Å². The predicted octanol–water partition coefficient (Wildman–Crippen LogP) is 1.57. The van der Waals surface area contributed by atoms with Crippen molar-refractivity contribution in [3.05, 3.63) is 28.8 Å². The second-order valence-electron chi connectivity index (χ2n) is 5.12. The Kier molecular flexibility index (Phi) is 6.65. The number of nitrogens with zero attached hydrogens (tertiary/aromatic N) is 1. The molecule has 1 N–H and O–H groups in total. The number of amides is 1. The van der Waals surface area contributed by atoms with E-state index in [0.717, 1.165) is 10.6 Å². The normalized spacial score (nSPS) is 12.8. The molecule has 1 aromatic carbocycles. The summed E-state index contributed by atoms with van der Waals surface area (Å²) in [5, 5.41) is 3.20. The zero-order chi connectivity index (χ0) is 16.9. The molecule has 1 amide bonds. The standard InChI is InChI=1S/C14H21ClN2O4S/c1-10-7-12(15)5-6-13(10)17(22(4,19)20)8-14(18)16-11(2)9-21-3/h5-7,11H,8-9H2,1-4H3,(H,16,18)/t11-/m0/s1. The third-order valence-corrected chi connectivity index (χ3v) is 4.30. The monoisotopic (exact) mass is 348 g/mol. The van der Waals surface area contributed by atoms with Crippen molar-refractivity contribution < 1.29 is 17.9 Å². The van der Waals surface area contributed by atoms with Gasteiger partial charge in [-0.05, 0) is 37.6 Å². The van der Waals surface area contributed by atoms with Gasteiger partial charge in [-0.25, -0.2) is 8.42 Å². The SMILES string of the molecule is COC[C@H](C)NC(=O)CN(c1ccc(Cl)cc1C)S(C)(=O)=O. The first kappa shape index (κ1) is 18.7. The van der Waals surface area contributed by atoms with Crippen LogP contribution in [0, 0.1) is 6.92 Å². The van der Waals surface area contributed by atoms with Gasteiger partial charge in [0.1, 0.15) is 6.54 Å². The molecule has 1 rings (SSSR count). The lowest BCUT2D eigenvalue weighted by Gasteiger charge is -2.24. The third kappa shape index (κ3) is 5.47. The Labute approximate surface area is 136 Å². The summed E-state index contributed by atoms with van der Waals surface area (Å²) in [5.74, 6) is -0.399. The van der Waals surface area contributed by atoms with Crippen molar-refractivity contribution >= 4 is 33.2 Å². The van der Waals surface area contributed by atoms with Gasteiger partial charge >= 0.3 is 0 Å². The fourth-order valence-electron chi connectivity index (χ4n) is 2.02. The molecule has 0 saturated carbocycles. The first-order valence-electron chi connectivity index (χ1n) is 6.67. The Morgan fingerprint density at radius 2 is 2.09 bits per heavy atom. The van der Waals surface area contributed by atoms with Crippen LogP contribution in [0.15, 0.2) is 18.2 Å². The first-order chi connectivity index (χ1) is 10.1. The summed E-state index contributed by atoms with van der Waals surface area (Å²) in [6.07, 6.45) is 1.06. The molecule has 0 unspecified atom stereocenters. The van der Waals surface area contributed by atoms with Crippen LogP contribution in [0.3, 0.4) is 0 Å². The number of sulfonamides is 1. The molecular formula is C14H21ClN2O4S. The number of hydrogen-bond donors (Lipinski definition) is 1. The number of halogens is 1. The minimum Gasteiger partial charge on any atom is -0.383 e. The number of nitrogens with one attached hydrogen (secondary N) is 1. The second-order valence-corrected chi connectivity index (χ2v) is 7.47. The maximum Gasteiger partial charge on any atom is 0.241 e. The van der Waals surface area contributed by atoms with Crippen LogP contribution in [0.5, 0.6) is 0 Å². The van der Waals surface area contributed by atoms with E-state index < -0.39 is 15.9 Å². The molecular weight excluding hydrogens is 328 g/mol. The second kappa shape index (κ2) is 7.80. The lowest BCUT2D eigenvalue weighted by atomic mass is 10.2. The van der Waals surface area contributed by atoms with Gasteiger partial charge in [-0.15, -0.1) is 0 Å². The van der Waals surface area contributed by atoms with Crippen LogP contribution in [0.25, 0.3) is 0 Å². The number of benzene rings is 1. The van der Waals surface area contributed by atoms with E-state index in [1.807, 2.05) is 0 Å². The van der Waals surface area contributed by atoms with Gasteiger partial charge in [-0.2, -0.15) is 0 Å². The quantitative estimate of drug-likeness (QED) is 0.811. The molecule has 0 aliphatic rings. The Morgan fingerprint density at radius 3 is 2.59 bits per heavy atom. The molecule has 1 atom stereocenters. The van der Waals surface area contributed by atoms with E-state index in [4.69, 9.17) is 16.3 Å². The number of aryl methyl sites for hydroxylation is 1. The van der Waals surface area contributed by atoms with E-state index in [2.05, 4.69) is 5.32 Å². The van der Waals surface area contributed by atoms with Gasteiger partial charge in [-0.1, -0.05) is 11.6 Å². The molecule has 124 valence electrons. The van der Waals surface area contributed by atoms with Crippen molar-refractivity contribution in [2.75, 3.05) is 30.8 Å². The van der Waals surface area contributed by atoms with Crippen LogP contribution in [-0.2, 0) is 19.6 Å². The molecule has 0 bridgehead atoms. The molecule has 22 heavy (non-hydrogen) atoms. The summed E-state index contributed by atoms with van der Waals surface area (Å²) in [6, 6.07) is 4.63. The van der Waals surface area contributed by atoms with Gasteiger partial charge in [-0.3, -0.25) is 9.10 Å². The van der Waals surface area contributed by atoms with Crippen molar-refractivity contribution in [1.82, 2.24) is 5.32 Å². The number of carbonyl (C=O) groups is 1. The summed E-state index contributed by atoms with van der Waals surface area (Å²) < 4.78 is 30.0. The van der Waals surface area contributed by atoms with Crippen LogP contribution in [0.2, 0.25) is 5.02 Å². The molecule has 0 radical (unpaired) electrons. The highest BCUT2D eigenvalue weighted by Crippen LogP contribution is 2.25. The molecule has 8 heteroatoms. The van der Waals surface area contributed by atoms with Gasteiger partial charge in [0.15, 0.2) is 0 Å². The molecule has 0 aliphatic heterocycles. The summed E-state index contributed by atoms with van der Waals surface area (Å²) in [4.78, 5) is 12.0. The molecule has 0 saturated heterocycles. The van der Waals surface area contributed by atoms with Crippen molar-refractivity contribution in [3.8, 4) is 0 Å². The Bertz CT molecular complexity index is 634. The van der Waals surface area contributed by atoms with Gasteiger partial charge in [0, 0.05) is 18.2 Å². The molecule has 0 spiro atoms. The molecule has 0 fully saturated rings. The fourth-order valence-corrected chi connectivity index (χ4v) is 3.16. The average Bonchev–Trinajstić information content (AvgIpc) is 2.35. The minimum absolute atomic E-state index is 0.203. The average molecular weight is 349 g/mol. The van der Waals surface area contributed by atoms with Crippen LogP contribution in [0.1, 0.15) is 12.5 Å². The van der Waals surface area contributed by atoms with Crippen LogP contribution in [-0.4, -0.2) is 46.9 Å². The first-order valence-corrected chi connectivity index (χ1v) is 8.90. The van der Waals surface area contributed by atoms with Crippen molar-refractivity contribution in [2.45, 2.75) is 19.9 Å². The van der Waals surface area contributed by atoms with Gasteiger partial charge < -0.3 is 10.1 Å². The Morgan fingerprint density at radius 1 is 1.45 bits per heavy atom. The number of methoxy groups -OCH3 is 1. The Balaban J connectivity index is 2.98. The zero-order valence-electron chi connectivity index (χ0n) is 13.1. The zero-order valence-corrected chi connectivity index (χ0v) is 14.7. The molecule has 0 heterocycles. The molecule has 0 aromatic heterocycles. The van der Waals surface area contributed by atoms with Crippen molar-refractivity contribution in [2.24, 2.45) is 0 Å². The topological polar surface area (TPSA) is 75.7 Å². The molecule has 6 nitrogen and oxygen atoms in total. The summed E-state index contributed by atoms with van der Waals surface area (Å²) in [6.45, 7) is 3.57. The lowest BCUT2D eigenvalue weighted by molar-refractivity contribution is -0.120. The van der Waals surface area contributed by atoms with Crippen molar-refractivity contribution in [1.29, 1.82) is 0 Å². The van der Waals surface area contributed by atoms with Gasteiger partial charge in [0.05, 0.1) is 18.6 Å². The van der Waals surface area contributed by atoms with Gasteiger partial charge in [0.25, 0.3) is 0 Å².